The molecule has 7 nitrogen and oxygen atoms in total. The van der Waals surface area contributed by atoms with E-state index in [1.165, 1.54) is 0 Å². The van der Waals surface area contributed by atoms with Crippen LogP contribution in [-0.4, -0.2) is 50.7 Å². The molecule has 1 aliphatic rings. The smallest absolute Gasteiger partial charge is 0.410 e. The molecule has 1 unspecified atom stereocenters. The van der Waals surface area contributed by atoms with Crippen LogP contribution < -0.4 is 5.32 Å². The van der Waals surface area contributed by atoms with Gasteiger partial charge in [0.2, 0.25) is 0 Å². The van der Waals surface area contributed by atoms with E-state index in [9.17, 15) is 4.79 Å². The fraction of sp³-hybridized carbons (Fsp3) is 0.474. The van der Waals surface area contributed by atoms with E-state index in [2.05, 4.69) is 20.3 Å². The van der Waals surface area contributed by atoms with E-state index in [0.717, 1.165) is 23.6 Å². The van der Waals surface area contributed by atoms with Crippen molar-refractivity contribution in [1.82, 2.24) is 19.9 Å². The second kappa shape index (κ2) is 7.27. The van der Waals surface area contributed by atoms with Gasteiger partial charge in [0, 0.05) is 31.4 Å². The Morgan fingerprint density at radius 3 is 2.77 bits per heavy atom. The number of aryl methyl sites for hydroxylation is 1. The monoisotopic (exact) mass is 355 g/mol. The highest BCUT2D eigenvalue weighted by molar-refractivity contribution is 5.68. The third-order valence-corrected chi connectivity index (χ3v) is 3.96. The zero-order valence-corrected chi connectivity index (χ0v) is 15.7. The molecule has 1 N–H and O–H groups in total. The molecule has 0 aliphatic carbocycles. The number of hydrogen-bond donors (Lipinski definition) is 1. The highest BCUT2D eigenvalue weighted by Gasteiger charge is 2.30. The van der Waals surface area contributed by atoms with Gasteiger partial charge in [-0.3, -0.25) is 4.98 Å². The maximum atomic E-state index is 12.2. The highest BCUT2D eigenvalue weighted by Crippen LogP contribution is 2.21. The minimum absolute atomic E-state index is 0.133. The maximum Gasteiger partial charge on any atom is 0.410 e. The molecule has 0 saturated carbocycles. The van der Waals surface area contributed by atoms with E-state index in [0.29, 0.717) is 18.9 Å². The zero-order valence-electron chi connectivity index (χ0n) is 15.7. The van der Waals surface area contributed by atoms with Gasteiger partial charge in [0.1, 0.15) is 17.2 Å². The summed E-state index contributed by atoms with van der Waals surface area (Å²) < 4.78 is 5.44. The van der Waals surface area contributed by atoms with Crippen LogP contribution in [0.1, 0.15) is 33.0 Å². The molecule has 0 bridgehead atoms. The Kier molecular flexibility index (Phi) is 5.06. The van der Waals surface area contributed by atoms with Crippen LogP contribution in [0.25, 0.3) is 11.4 Å². The van der Waals surface area contributed by atoms with Crippen LogP contribution in [0, 0.1) is 6.92 Å². The fourth-order valence-corrected chi connectivity index (χ4v) is 2.87. The van der Waals surface area contributed by atoms with Crippen molar-refractivity contribution in [3.05, 3.63) is 36.3 Å². The number of carbonyl (C=O) groups is 1. The normalized spacial score (nSPS) is 17.2. The molecule has 26 heavy (non-hydrogen) atoms. The predicted octanol–water partition coefficient (Wildman–Crippen LogP) is 3.27. The number of anilines is 1. The first-order valence-electron chi connectivity index (χ1n) is 8.82. The molecular formula is C19H25N5O2. The second-order valence-electron chi connectivity index (χ2n) is 7.46. The van der Waals surface area contributed by atoms with E-state index in [4.69, 9.17) is 4.74 Å². The summed E-state index contributed by atoms with van der Waals surface area (Å²) in [4.78, 5) is 27.2. The van der Waals surface area contributed by atoms with Crippen LogP contribution in [0.15, 0.2) is 30.5 Å². The van der Waals surface area contributed by atoms with Gasteiger partial charge in [-0.1, -0.05) is 6.07 Å². The molecule has 2 aromatic rings. The standard InChI is InChI=1S/C19H25N5O2/c1-13-21-16(15-7-5-6-9-20-15)11-17(22-13)23-14-8-10-24(12-14)18(25)26-19(2,3)4/h5-7,9,11,14H,8,10,12H2,1-4H3,(H,21,22,23). The number of carbonyl (C=O) groups excluding carboxylic acids is 1. The molecule has 1 atom stereocenters. The lowest BCUT2D eigenvalue weighted by atomic mass is 10.2. The van der Waals surface area contributed by atoms with Crippen molar-refractivity contribution >= 4 is 11.9 Å². The number of nitrogens with one attached hydrogen (secondary N) is 1. The predicted molar refractivity (Wildman–Crippen MR) is 99.8 cm³/mol. The van der Waals surface area contributed by atoms with Crippen molar-refractivity contribution < 1.29 is 9.53 Å². The molecular weight excluding hydrogens is 330 g/mol. The minimum Gasteiger partial charge on any atom is -0.444 e. The average molecular weight is 355 g/mol. The lowest BCUT2D eigenvalue weighted by molar-refractivity contribution is 0.0293. The lowest BCUT2D eigenvalue weighted by Gasteiger charge is -2.24. The molecule has 3 heterocycles. The van der Waals surface area contributed by atoms with Crippen molar-refractivity contribution in [3.8, 4) is 11.4 Å². The Morgan fingerprint density at radius 1 is 1.27 bits per heavy atom. The molecule has 7 heteroatoms. The van der Waals surface area contributed by atoms with Gasteiger partial charge in [0.15, 0.2) is 0 Å². The van der Waals surface area contributed by atoms with Gasteiger partial charge in [-0.25, -0.2) is 14.8 Å². The topological polar surface area (TPSA) is 80.2 Å². The summed E-state index contributed by atoms with van der Waals surface area (Å²) in [5.74, 6) is 1.42. The third kappa shape index (κ3) is 4.68. The molecule has 1 aliphatic heterocycles. The second-order valence-corrected chi connectivity index (χ2v) is 7.46. The molecule has 0 spiro atoms. The summed E-state index contributed by atoms with van der Waals surface area (Å²) in [6, 6.07) is 7.76. The van der Waals surface area contributed by atoms with E-state index in [1.807, 2.05) is 52.0 Å². The summed E-state index contributed by atoms with van der Waals surface area (Å²) in [7, 11) is 0. The molecule has 1 amide bonds. The molecule has 2 aromatic heterocycles. The van der Waals surface area contributed by atoms with Gasteiger partial charge >= 0.3 is 6.09 Å². The average Bonchev–Trinajstić information content (AvgIpc) is 3.02. The molecule has 138 valence electrons. The SMILES string of the molecule is Cc1nc(NC2CCN(C(=O)OC(C)(C)C)C2)cc(-c2ccccn2)n1. The van der Waals surface area contributed by atoms with Crippen molar-refractivity contribution in [3.63, 3.8) is 0 Å². The van der Waals surface area contributed by atoms with Gasteiger partial charge in [0.25, 0.3) is 0 Å². The molecule has 1 saturated heterocycles. The number of likely N-dealkylation sites (tertiary alicyclic amines) is 1. The number of pyridine rings is 1. The van der Waals surface area contributed by atoms with Crippen molar-refractivity contribution in [2.24, 2.45) is 0 Å². The van der Waals surface area contributed by atoms with Crippen LogP contribution in [-0.2, 0) is 4.74 Å². The maximum absolute atomic E-state index is 12.2. The molecule has 0 aromatic carbocycles. The molecule has 0 radical (unpaired) electrons. The van der Waals surface area contributed by atoms with E-state index in [-0.39, 0.29) is 12.1 Å². The summed E-state index contributed by atoms with van der Waals surface area (Å²) >= 11 is 0. The number of hydrogen-bond acceptors (Lipinski definition) is 6. The van der Waals surface area contributed by atoms with Crippen LogP contribution >= 0.6 is 0 Å². The van der Waals surface area contributed by atoms with E-state index < -0.39 is 5.60 Å². The quantitative estimate of drug-likeness (QED) is 0.910. The van der Waals surface area contributed by atoms with Crippen molar-refractivity contribution in [1.29, 1.82) is 0 Å². The Hall–Kier alpha value is -2.70. The molecule has 3 rings (SSSR count). The number of aromatic nitrogens is 3. The molecule has 1 fully saturated rings. The van der Waals surface area contributed by atoms with Crippen molar-refractivity contribution in [2.75, 3.05) is 18.4 Å². The van der Waals surface area contributed by atoms with Gasteiger partial charge in [-0.2, -0.15) is 0 Å². The lowest BCUT2D eigenvalue weighted by Crippen LogP contribution is -2.36. The van der Waals surface area contributed by atoms with Gasteiger partial charge in [-0.05, 0) is 46.2 Å². The fourth-order valence-electron chi connectivity index (χ4n) is 2.87. The largest absolute Gasteiger partial charge is 0.444 e. The summed E-state index contributed by atoms with van der Waals surface area (Å²) in [6.45, 7) is 8.75. The van der Waals surface area contributed by atoms with Crippen LogP contribution in [0.4, 0.5) is 10.6 Å². The van der Waals surface area contributed by atoms with Gasteiger partial charge in [0.05, 0.1) is 11.4 Å². The van der Waals surface area contributed by atoms with E-state index >= 15 is 0 Å². The highest BCUT2D eigenvalue weighted by atomic mass is 16.6. The Morgan fingerprint density at radius 2 is 2.08 bits per heavy atom. The number of amides is 1. The van der Waals surface area contributed by atoms with Crippen LogP contribution in [0.3, 0.4) is 0 Å². The zero-order chi connectivity index (χ0) is 18.7. The number of ether oxygens (including phenoxy) is 1. The Bertz CT molecular complexity index is 773. The summed E-state index contributed by atoms with van der Waals surface area (Å²) in [6.07, 6.45) is 2.33. The summed E-state index contributed by atoms with van der Waals surface area (Å²) in [5, 5.41) is 3.41. The first-order valence-corrected chi connectivity index (χ1v) is 8.82. The minimum atomic E-state index is -0.482. The first-order chi connectivity index (χ1) is 12.3. The third-order valence-electron chi connectivity index (χ3n) is 3.96. The number of rotatable bonds is 3. The Labute approximate surface area is 153 Å². The number of nitrogens with zero attached hydrogens (tertiary/aromatic N) is 4. The Balaban J connectivity index is 1.67. The van der Waals surface area contributed by atoms with Crippen LogP contribution in [0.2, 0.25) is 0 Å². The summed E-state index contributed by atoms with van der Waals surface area (Å²) in [5.41, 5.74) is 1.11. The van der Waals surface area contributed by atoms with E-state index in [1.54, 1.807) is 11.1 Å². The first kappa shape index (κ1) is 18.1. The van der Waals surface area contributed by atoms with Gasteiger partial charge in [-0.15, -0.1) is 0 Å². The van der Waals surface area contributed by atoms with Crippen molar-refractivity contribution in [2.45, 2.75) is 45.8 Å². The van der Waals surface area contributed by atoms with Crippen LogP contribution in [0.5, 0.6) is 0 Å². The van der Waals surface area contributed by atoms with Gasteiger partial charge < -0.3 is 15.0 Å².